The van der Waals surface area contributed by atoms with Crippen LogP contribution in [0.25, 0.3) is 6.08 Å². The summed E-state index contributed by atoms with van der Waals surface area (Å²) in [7, 11) is 2.95. The molecule has 1 aromatic rings. The second-order valence-corrected chi connectivity index (χ2v) is 2.81. The zero-order chi connectivity index (χ0) is 11.1. The number of pyridine rings is 1. The van der Waals surface area contributed by atoms with Crippen molar-refractivity contribution in [2.75, 3.05) is 14.2 Å². The van der Waals surface area contributed by atoms with Gasteiger partial charge in [0.1, 0.15) is 5.75 Å². The lowest BCUT2D eigenvalue weighted by molar-refractivity contribution is -0.139. The van der Waals surface area contributed by atoms with Crippen molar-refractivity contribution in [3.63, 3.8) is 0 Å². The van der Waals surface area contributed by atoms with Gasteiger partial charge in [-0.1, -0.05) is 6.08 Å². The first kappa shape index (κ1) is 11.2. The maximum atomic E-state index is 10.8. The molecule has 1 aromatic heterocycles. The van der Waals surface area contributed by atoms with Crippen molar-refractivity contribution in [2.24, 2.45) is 0 Å². The minimum atomic E-state index is -0.264. The molecule has 4 heteroatoms. The van der Waals surface area contributed by atoms with Crippen LogP contribution >= 0.6 is 0 Å². The fourth-order valence-electron chi connectivity index (χ4n) is 0.970. The topological polar surface area (TPSA) is 48.4 Å². The second-order valence-electron chi connectivity index (χ2n) is 2.81. The Kier molecular flexibility index (Phi) is 4.34. The molecular weight excluding hydrogens is 194 g/mol. The summed E-state index contributed by atoms with van der Waals surface area (Å²) < 4.78 is 9.46. The maximum absolute atomic E-state index is 10.8. The van der Waals surface area contributed by atoms with Gasteiger partial charge in [0.15, 0.2) is 0 Å². The van der Waals surface area contributed by atoms with Crippen molar-refractivity contribution >= 4 is 12.0 Å². The summed E-state index contributed by atoms with van der Waals surface area (Å²) in [5.74, 6) is 0.444. The number of nitrogens with zero attached hydrogens (tertiary/aromatic N) is 1. The fraction of sp³-hybridized carbons (Fsp3) is 0.273. The number of hydrogen-bond donors (Lipinski definition) is 0. The Morgan fingerprint density at radius 1 is 1.47 bits per heavy atom. The van der Waals surface area contributed by atoms with E-state index in [1.54, 1.807) is 25.5 Å². The standard InChI is InChI=1S/C11H13NO3/c1-14-10-7-6-9(12-8-10)4-3-5-11(13)15-2/h3-4,6-8H,5H2,1-2H3. The van der Waals surface area contributed by atoms with E-state index in [1.165, 1.54) is 7.11 Å². The van der Waals surface area contributed by atoms with Crippen molar-refractivity contribution in [1.29, 1.82) is 0 Å². The lowest BCUT2D eigenvalue weighted by atomic mass is 10.3. The average Bonchev–Trinajstić information content (AvgIpc) is 2.29. The highest BCUT2D eigenvalue weighted by atomic mass is 16.5. The SMILES string of the molecule is COC(=O)CC=Cc1ccc(OC)cn1. The minimum Gasteiger partial charge on any atom is -0.495 e. The van der Waals surface area contributed by atoms with Gasteiger partial charge >= 0.3 is 5.97 Å². The lowest BCUT2D eigenvalue weighted by Gasteiger charge is -1.98. The molecule has 0 N–H and O–H groups in total. The van der Waals surface area contributed by atoms with Gasteiger partial charge < -0.3 is 9.47 Å². The summed E-state index contributed by atoms with van der Waals surface area (Å²) in [6.07, 6.45) is 5.35. The first-order valence-electron chi connectivity index (χ1n) is 4.49. The van der Waals surface area contributed by atoms with Gasteiger partial charge in [-0.2, -0.15) is 0 Å². The smallest absolute Gasteiger partial charge is 0.309 e. The van der Waals surface area contributed by atoms with E-state index in [-0.39, 0.29) is 12.4 Å². The van der Waals surface area contributed by atoms with Crippen LogP contribution in [0.15, 0.2) is 24.4 Å². The molecule has 0 bridgehead atoms. The van der Waals surface area contributed by atoms with Crippen molar-refractivity contribution in [3.8, 4) is 5.75 Å². The average molecular weight is 207 g/mol. The van der Waals surface area contributed by atoms with Crippen LogP contribution in [0.4, 0.5) is 0 Å². The molecule has 15 heavy (non-hydrogen) atoms. The molecule has 0 aliphatic heterocycles. The second kappa shape index (κ2) is 5.80. The zero-order valence-electron chi connectivity index (χ0n) is 8.77. The molecule has 0 fully saturated rings. The van der Waals surface area contributed by atoms with Gasteiger partial charge in [0.25, 0.3) is 0 Å². The largest absolute Gasteiger partial charge is 0.495 e. The Balaban J connectivity index is 2.53. The van der Waals surface area contributed by atoms with E-state index in [4.69, 9.17) is 4.74 Å². The van der Waals surface area contributed by atoms with Crippen molar-refractivity contribution in [3.05, 3.63) is 30.1 Å². The summed E-state index contributed by atoms with van der Waals surface area (Å²) in [4.78, 5) is 14.9. The van der Waals surface area contributed by atoms with Gasteiger partial charge in [0.05, 0.1) is 32.5 Å². The van der Waals surface area contributed by atoms with Gasteiger partial charge in [-0.25, -0.2) is 0 Å². The molecule has 0 spiro atoms. The van der Waals surface area contributed by atoms with Gasteiger partial charge in [-0.15, -0.1) is 0 Å². The number of ether oxygens (including phenoxy) is 2. The summed E-state index contributed by atoms with van der Waals surface area (Å²) in [6.45, 7) is 0. The highest BCUT2D eigenvalue weighted by molar-refractivity contribution is 5.72. The van der Waals surface area contributed by atoms with Crippen LogP contribution in [0.3, 0.4) is 0 Å². The summed E-state index contributed by atoms with van der Waals surface area (Å²) >= 11 is 0. The number of esters is 1. The van der Waals surface area contributed by atoms with Gasteiger partial charge in [-0.05, 0) is 18.2 Å². The zero-order valence-corrected chi connectivity index (χ0v) is 8.77. The number of aromatic nitrogens is 1. The third kappa shape index (κ3) is 3.81. The van der Waals surface area contributed by atoms with Crippen molar-refractivity contribution in [1.82, 2.24) is 4.98 Å². The summed E-state index contributed by atoms with van der Waals surface area (Å²) in [6, 6.07) is 3.62. The molecule has 0 saturated heterocycles. The van der Waals surface area contributed by atoms with Crippen LogP contribution in [0.5, 0.6) is 5.75 Å². The molecule has 80 valence electrons. The van der Waals surface area contributed by atoms with Crippen LogP contribution in [0.1, 0.15) is 12.1 Å². The highest BCUT2D eigenvalue weighted by Crippen LogP contribution is 2.08. The minimum absolute atomic E-state index is 0.254. The quantitative estimate of drug-likeness (QED) is 0.704. The monoisotopic (exact) mass is 207 g/mol. The summed E-state index contributed by atoms with van der Waals surface area (Å²) in [5.41, 5.74) is 0.778. The first-order valence-corrected chi connectivity index (χ1v) is 4.49. The van der Waals surface area contributed by atoms with E-state index in [9.17, 15) is 4.79 Å². The van der Waals surface area contributed by atoms with Crippen LogP contribution in [0.2, 0.25) is 0 Å². The Labute approximate surface area is 88.5 Å². The first-order chi connectivity index (χ1) is 7.26. The fourth-order valence-corrected chi connectivity index (χ4v) is 0.970. The van der Waals surface area contributed by atoms with E-state index >= 15 is 0 Å². The lowest BCUT2D eigenvalue weighted by Crippen LogP contribution is -1.96. The highest BCUT2D eigenvalue weighted by Gasteiger charge is 1.95. The van der Waals surface area contributed by atoms with Crippen LogP contribution in [0, 0.1) is 0 Å². The molecule has 4 nitrogen and oxygen atoms in total. The number of hydrogen-bond acceptors (Lipinski definition) is 4. The molecule has 1 heterocycles. The molecule has 0 amide bonds. The van der Waals surface area contributed by atoms with E-state index in [1.807, 2.05) is 12.1 Å². The third-order valence-corrected chi connectivity index (χ3v) is 1.80. The molecule has 0 aromatic carbocycles. The molecule has 0 aliphatic rings. The molecule has 1 rings (SSSR count). The van der Waals surface area contributed by atoms with Gasteiger partial charge in [-0.3, -0.25) is 9.78 Å². The molecule has 0 unspecified atom stereocenters. The van der Waals surface area contributed by atoms with Crippen LogP contribution in [-0.4, -0.2) is 25.2 Å². The Morgan fingerprint density at radius 2 is 2.27 bits per heavy atom. The summed E-state index contributed by atoms with van der Waals surface area (Å²) in [5, 5.41) is 0. The van der Waals surface area contributed by atoms with E-state index in [0.717, 1.165) is 5.69 Å². The Hall–Kier alpha value is -1.84. The van der Waals surface area contributed by atoms with Crippen molar-refractivity contribution in [2.45, 2.75) is 6.42 Å². The molecule has 0 atom stereocenters. The number of rotatable bonds is 4. The molecular formula is C11H13NO3. The Bertz CT molecular complexity index is 343. The Morgan fingerprint density at radius 3 is 2.80 bits per heavy atom. The normalized spacial score (nSPS) is 10.3. The van der Waals surface area contributed by atoms with Crippen LogP contribution in [-0.2, 0) is 9.53 Å². The van der Waals surface area contributed by atoms with Gasteiger partial charge in [0, 0.05) is 0 Å². The van der Waals surface area contributed by atoms with Gasteiger partial charge in [0.2, 0.25) is 0 Å². The number of carbonyl (C=O) groups excluding carboxylic acids is 1. The molecule has 0 radical (unpaired) electrons. The predicted molar refractivity (Wildman–Crippen MR) is 56.5 cm³/mol. The van der Waals surface area contributed by atoms with E-state index < -0.39 is 0 Å². The molecule has 0 saturated carbocycles. The molecule has 0 aliphatic carbocycles. The number of carbonyl (C=O) groups is 1. The maximum Gasteiger partial charge on any atom is 0.309 e. The predicted octanol–water partition coefficient (Wildman–Crippen LogP) is 1.67. The van der Waals surface area contributed by atoms with Crippen molar-refractivity contribution < 1.29 is 14.3 Å². The van der Waals surface area contributed by atoms with E-state index in [2.05, 4.69) is 9.72 Å². The van der Waals surface area contributed by atoms with E-state index in [0.29, 0.717) is 5.75 Å². The third-order valence-electron chi connectivity index (χ3n) is 1.80. The van der Waals surface area contributed by atoms with Crippen LogP contribution < -0.4 is 4.74 Å². The number of methoxy groups -OCH3 is 2.